The Bertz CT molecular complexity index is 479. The predicted molar refractivity (Wildman–Crippen MR) is 87.7 cm³/mol. The number of carboxylic acids is 2. The standard InChI is InChI=1S/C17H28O8/c1-3-11(4-2)7-12(5-6-13(18)8-15(20)21)17(24,25)10-14(19)9-16(22)23/h11-12,24-25H,3-10H2,1-2H3,(H,20,21)(H,22,23). The van der Waals surface area contributed by atoms with Gasteiger partial charge in [0.15, 0.2) is 5.79 Å². The summed E-state index contributed by atoms with van der Waals surface area (Å²) in [6.07, 6.45) is -0.413. The zero-order valence-electron chi connectivity index (χ0n) is 14.7. The predicted octanol–water partition coefficient (Wildman–Crippen LogP) is 1.37. The van der Waals surface area contributed by atoms with Crippen molar-refractivity contribution in [3.05, 3.63) is 0 Å². The molecule has 0 bridgehead atoms. The topological polar surface area (TPSA) is 149 Å². The quantitative estimate of drug-likeness (QED) is 0.268. The van der Waals surface area contributed by atoms with Crippen LogP contribution >= 0.6 is 0 Å². The van der Waals surface area contributed by atoms with Crippen molar-refractivity contribution in [1.29, 1.82) is 0 Å². The summed E-state index contributed by atoms with van der Waals surface area (Å²) in [6.45, 7) is 3.87. The Morgan fingerprint density at radius 1 is 0.880 bits per heavy atom. The number of hydrogen-bond acceptors (Lipinski definition) is 6. The lowest BCUT2D eigenvalue weighted by Gasteiger charge is -2.33. The van der Waals surface area contributed by atoms with Crippen LogP contribution in [0.15, 0.2) is 0 Å². The number of carbonyl (C=O) groups excluding carboxylic acids is 2. The van der Waals surface area contributed by atoms with Crippen molar-refractivity contribution >= 4 is 23.5 Å². The zero-order chi connectivity index (χ0) is 19.6. The van der Waals surface area contributed by atoms with E-state index in [-0.39, 0.29) is 18.8 Å². The average molecular weight is 360 g/mol. The number of hydrogen-bond donors (Lipinski definition) is 4. The molecule has 8 heteroatoms. The number of aliphatic hydroxyl groups is 2. The third-order valence-electron chi connectivity index (χ3n) is 4.35. The Morgan fingerprint density at radius 3 is 1.80 bits per heavy atom. The van der Waals surface area contributed by atoms with Crippen LogP contribution < -0.4 is 0 Å². The van der Waals surface area contributed by atoms with Crippen LogP contribution in [-0.2, 0) is 19.2 Å². The SMILES string of the molecule is CCC(CC)CC(CCC(=O)CC(=O)O)C(O)(O)CC(=O)CC(=O)O. The zero-order valence-corrected chi connectivity index (χ0v) is 14.7. The third-order valence-corrected chi connectivity index (χ3v) is 4.35. The van der Waals surface area contributed by atoms with Gasteiger partial charge in [0.25, 0.3) is 0 Å². The number of ketones is 2. The molecule has 0 saturated heterocycles. The van der Waals surface area contributed by atoms with Gasteiger partial charge in [-0.3, -0.25) is 19.2 Å². The lowest BCUT2D eigenvalue weighted by Crippen LogP contribution is -2.41. The highest BCUT2D eigenvalue weighted by Gasteiger charge is 2.37. The van der Waals surface area contributed by atoms with Gasteiger partial charge in [0.2, 0.25) is 0 Å². The molecular weight excluding hydrogens is 332 g/mol. The number of Topliss-reactive ketones (excluding diaryl/α,β-unsaturated/α-hetero) is 2. The van der Waals surface area contributed by atoms with Gasteiger partial charge in [-0.2, -0.15) is 0 Å². The van der Waals surface area contributed by atoms with Gasteiger partial charge in [0.1, 0.15) is 24.4 Å². The minimum absolute atomic E-state index is 0.0238. The molecule has 144 valence electrons. The van der Waals surface area contributed by atoms with Crippen LogP contribution in [0, 0.1) is 11.8 Å². The van der Waals surface area contributed by atoms with Crippen molar-refractivity contribution in [2.45, 2.75) is 71.0 Å². The molecule has 0 aromatic heterocycles. The van der Waals surface area contributed by atoms with E-state index in [9.17, 15) is 29.4 Å². The minimum Gasteiger partial charge on any atom is -0.481 e. The molecule has 0 aliphatic heterocycles. The monoisotopic (exact) mass is 360 g/mol. The van der Waals surface area contributed by atoms with E-state index in [2.05, 4.69) is 0 Å². The molecule has 1 unspecified atom stereocenters. The number of carboxylic acid groups (broad SMARTS) is 2. The fraction of sp³-hybridized carbons (Fsp3) is 0.765. The van der Waals surface area contributed by atoms with Crippen molar-refractivity contribution < 1.29 is 39.6 Å². The fourth-order valence-corrected chi connectivity index (χ4v) is 2.82. The summed E-state index contributed by atoms with van der Waals surface area (Å²) in [5, 5.41) is 37.8. The van der Waals surface area contributed by atoms with Crippen LogP contribution in [0.25, 0.3) is 0 Å². The Balaban J connectivity index is 5.06. The summed E-state index contributed by atoms with van der Waals surface area (Å²) in [6, 6.07) is 0. The lowest BCUT2D eigenvalue weighted by atomic mass is 9.80. The van der Waals surface area contributed by atoms with E-state index in [4.69, 9.17) is 10.2 Å². The number of rotatable bonds is 14. The van der Waals surface area contributed by atoms with Crippen molar-refractivity contribution in [3.8, 4) is 0 Å². The van der Waals surface area contributed by atoms with Gasteiger partial charge in [0, 0.05) is 12.3 Å². The van der Waals surface area contributed by atoms with E-state index in [0.29, 0.717) is 6.42 Å². The van der Waals surface area contributed by atoms with E-state index in [1.165, 1.54) is 0 Å². The van der Waals surface area contributed by atoms with Crippen molar-refractivity contribution in [1.82, 2.24) is 0 Å². The molecule has 0 aliphatic carbocycles. The minimum atomic E-state index is -2.43. The second-order valence-electron chi connectivity index (χ2n) is 6.43. The van der Waals surface area contributed by atoms with Crippen LogP contribution in [0.1, 0.15) is 65.2 Å². The smallest absolute Gasteiger partial charge is 0.310 e. The summed E-state index contributed by atoms with van der Waals surface area (Å²) in [4.78, 5) is 44.3. The maximum Gasteiger partial charge on any atom is 0.310 e. The number of aliphatic carboxylic acids is 2. The Kier molecular flexibility index (Phi) is 10.2. The first-order chi connectivity index (χ1) is 11.5. The molecule has 0 aromatic rings. The van der Waals surface area contributed by atoms with Gasteiger partial charge >= 0.3 is 11.9 Å². The second-order valence-corrected chi connectivity index (χ2v) is 6.43. The van der Waals surface area contributed by atoms with Gasteiger partial charge in [-0.1, -0.05) is 26.7 Å². The van der Waals surface area contributed by atoms with E-state index >= 15 is 0 Å². The molecule has 4 N–H and O–H groups in total. The molecule has 0 fully saturated rings. The van der Waals surface area contributed by atoms with E-state index in [1.54, 1.807) is 0 Å². The Labute approximate surface area is 146 Å². The molecule has 0 saturated carbocycles. The molecular formula is C17H28O8. The van der Waals surface area contributed by atoms with Crippen molar-refractivity contribution in [2.75, 3.05) is 0 Å². The highest BCUT2D eigenvalue weighted by atomic mass is 16.5. The van der Waals surface area contributed by atoms with Crippen LogP contribution in [0.4, 0.5) is 0 Å². The molecule has 0 heterocycles. The molecule has 1 atom stereocenters. The highest BCUT2D eigenvalue weighted by Crippen LogP contribution is 2.32. The largest absolute Gasteiger partial charge is 0.481 e. The maximum atomic E-state index is 11.6. The van der Waals surface area contributed by atoms with E-state index < -0.39 is 54.5 Å². The summed E-state index contributed by atoms with van der Waals surface area (Å²) < 4.78 is 0. The fourth-order valence-electron chi connectivity index (χ4n) is 2.82. The summed E-state index contributed by atoms with van der Waals surface area (Å²) in [5.41, 5.74) is 0. The van der Waals surface area contributed by atoms with Gasteiger partial charge in [-0.15, -0.1) is 0 Å². The van der Waals surface area contributed by atoms with Crippen LogP contribution in [0.3, 0.4) is 0 Å². The maximum absolute atomic E-state index is 11.6. The molecule has 8 nitrogen and oxygen atoms in total. The summed E-state index contributed by atoms with van der Waals surface area (Å²) in [5.74, 6) is -7.07. The molecule has 0 amide bonds. The normalized spacial score (nSPS) is 12.8. The average Bonchev–Trinajstić information content (AvgIpc) is 2.44. The van der Waals surface area contributed by atoms with Crippen molar-refractivity contribution in [2.24, 2.45) is 11.8 Å². The summed E-state index contributed by atoms with van der Waals surface area (Å²) >= 11 is 0. The number of carbonyl (C=O) groups is 4. The van der Waals surface area contributed by atoms with E-state index in [1.807, 2.05) is 13.8 Å². The van der Waals surface area contributed by atoms with E-state index in [0.717, 1.165) is 12.8 Å². The Morgan fingerprint density at radius 2 is 1.36 bits per heavy atom. The van der Waals surface area contributed by atoms with Gasteiger partial charge < -0.3 is 20.4 Å². The first kappa shape index (κ1) is 23.2. The van der Waals surface area contributed by atoms with Crippen LogP contribution in [0.5, 0.6) is 0 Å². The molecule has 0 aliphatic rings. The van der Waals surface area contributed by atoms with Gasteiger partial charge in [0.05, 0.1) is 6.42 Å². The van der Waals surface area contributed by atoms with Gasteiger partial charge in [-0.25, -0.2) is 0 Å². The summed E-state index contributed by atoms with van der Waals surface area (Å²) in [7, 11) is 0. The van der Waals surface area contributed by atoms with Crippen LogP contribution in [-0.4, -0.2) is 49.7 Å². The molecule has 25 heavy (non-hydrogen) atoms. The molecule has 0 radical (unpaired) electrons. The van der Waals surface area contributed by atoms with Crippen molar-refractivity contribution in [3.63, 3.8) is 0 Å². The first-order valence-electron chi connectivity index (χ1n) is 8.43. The highest BCUT2D eigenvalue weighted by molar-refractivity contribution is 5.95. The van der Waals surface area contributed by atoms with Gasteiger partial charge in [-0.05, 0) is 18.8 Å². The molecule has 0 aromatic carbocycles. The second kappa shape index (κ2) is 10.9. The Hall–Kier alpha value is -1.80. The molecule has 0 spiro atoms. The third kappa shape index (κ3) is 9.93. The first-order valence-corrected chi connectivity index (χ1v) is 8.43. The van der Waals surface area contributed by atoms with Crippen LogP contribution in [0.2, 0.25) is 0 Å². The lowest BCUT2D eigenvalue weighted by molar-refractivity contribution is -0.209. The molecule has 0 rings (SSSR count).